The molecule has 10 rings (SSSR count). The number of rotatable bonds is 9. The van der Waals surface area contributed by atoms with E-state index in [2.05, 4.69) is 18.5 Å². The van der Waals surface area contributed by atoms with Crippen molar-refractivity contribution in [1.82, 2.24) is 19.1 Å². The van der Waals surface area contributed by atoms with Crippen LogP contribution in [0.2, 0.25) is 0 Å². The van der Waals surface area contributed by atoms with Crippen LogP contribution in [0.3, 0.4) is 0 Å². The maximum Gasteiger partial charge on any atom is 0.269 e. The SMILES string of the molecule is [2H]c1c([2H])c([2H])c(-c2cccc(-c3c([2H])c([2H])c([2H])c([2H])c3[2H])c2-[n+]2[c-]n(-c3[c-]c(Oc4[c-]c5c(cc4)c4ccccc4n5-c4cc(C([2H])([2H])C(C)(C)C)ccn4)cc(C(C)C)n3)c3ccccc32)c([2H])c1[2H].[Pt]. The normalized spacial score (nSPS) is 14.7. The number of benzene rings is 6. The van der Waals surface area contributed by atoms with Gasteiger partial charge in [0.2, 0.25) is 0 Å². The Morgan fingerprint density at radius 3 is 2.11 bits per heavy atom. The average Bonchev–Trinajstić information content (AvgIpc) is 3.92. The van der Waals surface area contributed by atoms with Crippen LogP contribution in [0.15, 0.2) is 164 Å². The first-order chi connectivity index (χ1) is 34.6. The number of hydrogen-bond acceptors (Lipinski definition) is 3. The minimum absolute atomic E-state index is 0. The number of hydrogen-bond donors (Lipinski definition) is 0. The van der Waals surface area contributed by atoms with E-state index in [1.54, 1.807) is 63.9 Å². The van der Waals surface area contributed by atoms with Crippen molar-refractivity contribution in [3.8, 4) is 51.1 Å². The summed E-state index contributed by atoms with van der Waals surface area (Å²) in [6.45, 7) is 9.56. The van der Waals surface area contributed by atoms with Crippen molar-refractivity contribution in [2.24, 2.45) is 5.41 Å². The van der Waals surface area contributed by atoms with Crippen molar-refractivity contribution in [3.05, 3.63) is 193 Å². The number of ether oxygens (including phenoxy) is 1. The molecule has 0 aliphatic heterocycles. The van der Waals surface area contributed by atoms with Crippen LogP contribution in [0.1, 0.15) is 68.2 Å². The smallest absolute Gasteiger partial charge is 0.269 e. The Kier molecular flexibility index (Phi) is 7.75. The second kappa shape index (κ2) is 16.7. The van der Waals surface area contributed by atoms with Crippen LogP contribution in [-0.2, 0) is 27.4 Å². The van der Waals surface area contributed by atoms with Gasteiger partial charge in [-0.25, -0.2) is 4.98 Å². The molecule has 7 heteroatoms. The van der Waals surface area contributed by atoms with Crippen molar-refractivity contribution in [2.45, 2.75) is 46.9 Å². The minimum atomic E-state index is -1.67. The van der Waals surface area contributed by atoms with Gasteiger partial charge in [-0.05, 0) is 80.6 Å². The average molecular weight is 999 g/mol. The first kappa shape index (κ1) is 28.8. The van der Waals surface area contributed by atoms with Gasteiger partial charge in [0.05, 0.1) is 36.2 Å². The van der Waals surface area contributed by atoms with Crippen LogP contribution < -0.4 is 9.30 Å². The molecule has 4 aromatic heterocycles. The van der Waals surface area contributed by atoms with Crippen LogP contribution in [0.25, 0.3) is 72.4 Å². The molecular weight excluding hydrogens is 942 g/mol. The second-order valence-corrected chi connectivity index (χ2v) is 15.9. The maximum atomic E-state index is 9.04. The van der Waals surface area contributed by atoms with E-state index in [9.17, 15) is 0 Å². The van der Waals surface area contributed by atoms with Crippen LogP contribution in [0.5, 0.6) is 11.5 Å². The van der Waals surface area contributed by atoms with E-state index in [4.69, 9.17) is 31.2 Å². The summed E-state index contributed by atoms with van der Waals surface area (Å²) in [6, 6.07) is 30.1. The largest absolute Gasteiger partial charge is 0.522 e. The first-order valence-corrected chi connectivity index (χ1v) is 19.9. The molecule has 10 aromatic rings. The van der Waals surface area contributed by atoms with Gasteiger partial charge in [-0.2, -0.15) is 12.1 Å². The molecule has 0 aliphatic carbocycles. The molecule has 0 atom stereocenters. The predicted molar refractivity (Wildman–Crippen MR) is 246 cm³/mol. The van der Waals surface area contributed by atoms with Crippen molar-refractivity contribution < 1.29 is 46.8 Å². The van der Waals surface area contributed by atoms with Gasteiger partial charge in [-0.3, -0.25) is 14.1 Å². The van der Waals surface area contributed by atoms with E-state index in [-0.39, 0.29) is 66.5 Å². The number of imidazole rings is 1. The van der Waals surface area contributed by atoms with Gasteiger partial charge in [0.25, 0.3) is 6.33 Å². The van der Waals surface area contributed by atoms with Crippen molar-refractivity contribution in [1.29, 1.82) is 0 Å². The van der Waals surface area contributed by atoms with Gasteiger partial charge in [0.15, 0.2) is 0 Å². The van der Waals surface area contributed by atoms with Gasteiger partial charge in [0.1, 0.15) is 5.82 Å². The zero-order chi connectivity index (χ0) is 52.2. The summed E-state index contributed by atoms with van der Waals surface area (Å²) in [7, 11) is 0. The molecule has 0 amide bonds. The van der Waals surface area contributed by atoms with E-state index < -0.39 is 72.2 Å². The van der Waals surface area contributed by atoms with Crippen molar-refractivity contribution in [3.63, 3.8) is 0 Å². The summed E-state index contributed by atoms with van der Waals surface area (Å²) in [5.74, 6) is 1.25. The molecule has 6 nitrogen and oxygen atoms in total. The third-order valence-electron chi connectivity index (χ3n) is 10.2. The molecule has 0 radical (unpaired) electrons. The standard InChI is InChI=1S/C55H45N5O.Pt/c1-37(2)47-32-42(61-41-27-28-46-45-21-12-13-24-48(45)60(51(46)33-41)52-31-38(29-30-56-52)35-55(3,4)5)34-53(57-47)58-36-59(50-26-15-14-25-49(50)58)54-43(39-17-8-6-9-18-39)22-16-23-44(54)40-19-10-7-11-20-40;/h6-32,37H,35H2,1-5H3;/q-2;/i6D,7D,8D,9D,10D,11D,17D,18D,19D,20D,35D2;. The fourth-order valence-corrected chi connectivity index (χ4v) is 7.60. The van der Waals surface area contributed by atoms with E-state index >= 15 is 0 Å². The van der Waals surface area contributed by atoms with E-state index in [0.29, 0.717) is 39.4 Å². The molecule has 62 heavy (non-hydrogen) atoms. The van der Waals surface area contributed by atoms with Gasteiger partial charge in [0, 0.05) is 41.3 Å². The molecule has 0 fully saturated rings. The molecular formula is C55H45N5OPt-2. The quantitative estimate of drug-likeness (QED) is 0.107. The third-order valence-corrected chi connectivity index (χ3v) is 10.2. The van der Waals surface area contributed by atoms with Crippen LogP contribution in [-0.4, -0.2) is 19.1 Å². The van der Waals surface area contributed by atoms with Crippen LogP contribution >= 0.6 is 0 Å². The van der Waals surface area contributed by atoms with Gasteiger partial charge in [-0.1, -0.05) is 161 Å². The number of fused-ring (bicyclic) bond motifs is 4. The molecule has 0 aliphatic rings. The summed E-state index contributed by atoms with van der Waals surface area (Å²) in [5, 5.41) is 1.82. The number of aromatic nitrogens is 5. The van der Waals surface area contributed by atoms with Crippen molar-refractivity contribution in [2.75, 3.05) is 0 Å². The Morgan fingerprint density at radius 1 is 0.742 bits per heavy atom. The third kappa shape index (κ3) is 7.76. The minimum Gasteiger partial charge on any atom is -0.522 e. The molecule has 0 N–H and O–H groups in total. The Morgan fingerprint density at radius 2 is 1.42 bits per heavy atom. The fraction of sp³-hybridized carbons (Fsp3) is 0.145. The summed E-state index contributed by atoms with van der Waals surface area (Å²) in [5.41, 5.74) is 2.93. The topological polar surface area (TPSA) is 48.8 Å². The first-order valence-electron chi connectivity index (χ1n) is 25.9. The molecule has 0 unspecified atom stereocenters. The second-order valence-electron chi connectivity index (χ2n) is 15.9. The summed E-state index contributed by atoms with van der Waals surface area (Å²) < 4.78 is 117. The number of pyridine rings is 2. The van der Waals surface area contributed by atoms with Gasteiger partial charge in [-0.15, -0.1) is 23.6 Å². The molecule has 0 spiro atoms. The molecule has 0 saturated carbocycles. The summed E-state index contributed by atoms with van der Waals surface area (Å²) in [6.07, 6.45) is 3.32. The Balaban J connectivity index is 0.00000672. The predicted octanol–water partition coefficient (Wildman–Crippen LogP) is 13.0. The van der Waals surface area contributed by atoms with Gasteiger partial charge >= 0.3 is 0 Å². The van der Waals surface area contributed by atoms with Crippen molar-refractivity contribution >= 4 is 32.8 Å². The molecule has 6 aromatic carbocycles. The molecule has 0 bridgehead atoms. The zero-order valence-electron chi connectivity index (χ0n) is 46.4. The Hall–Kier alpha value is -6.62. The van der Waals surface area contributed by atoms with Crippen LogP contribution in [0, 0.1) is 23.9 Å². The Labute approximate surface area is 394 Å². The summed E-state index contributed by atoms with van der Waals surface area (Å²) in [4.78, 5) is 9.76. The zero-order valence-corrected chi connectivity index (χ0v) is 36.6. The van der Waals surface area contributed by atoms with E-state index in [1.165, 1.54) is 0 Å². The van der Waals surface area contributed by atoms with Gasteiger partial charge < -0.3 is 9.30 Å². The maximum absolute atomic E-state index is 9.04. The number of para-hydroxylation sites is 4. The fourth-order valence-electron chi connectivity index (χ4n) is 7.60. The molecule has 308 valence electrons. The summed E-state index contributed by atoms with van der Waals surface area (Å²) >= 11 is 0. The van der Waals surface area contributed by atoms with E-state index in [0.717, 1.165) is 16.3 Å². The van der Waals surface area contributed by atoms with Crippen LogP contribution in [0.4, 0.5) is 0 Å². The molecule has 4 heterocycles. The Bertz CT molecular complexity index is 3780. The number of nitrogens with zero attached hydrogens (tertiary/aromatic N) is 5. The monoisotopic (exact) mass is 998 g/mol. The van der Waals surface area contributed by atoms with E-state index in [1.807, 2.05) is 87.7 Å². The molecule has 0 saturated heterocycles.